The van der Waals surface area contributed by atoms with Gasteiger partial charge in [0.05, 0.1) is 0 Å². The maximum Gasteiger partial charge on any atom is 0.119 e. The lowest BCUT2D eigenvalue weighted by molar-refractivity contribution is 0.230. The van der Waals surface area contributed by atoms with E-state index in [0.29, 0.717) is 0 Å². The van der Waals surface area contributed by atoms with E-state index in [-0.39, 0.29) is 17.5 Å². The predicted molar refractivity (Wildman–Crippen MR) is 69.4 cm³/mol. The van der Waals surface area contributed by atoms with Gasteiger partial charge in [-0.3, -0.25) is 4.90 Å². The van der Waals surface area contributed by atoms with Gasteiger partial charge in [0, 0.05) is 25.2 Å². The molecule has 96 valence electrons. The Morgan fingerprint density at radius 1 is 1.00 bits per heavy atom. The van der Waals surface area contributed by atoms with Crippen LogP contribution in [0.25, 0.3) is 0 Å². The van der Waals surface area contributed by atoms with Gasteiger partial charge in [-0.05, 0) is 45.8 Å². The first kappa shape index (κ1) is 13.8. The van der Waals surface area contributed by atoms with Gasteiger partial charge in [-0.2, -0.15) is 0 Å². The second-order valence-corrected chi connectivity index (χ2v) is 4.74. The fraction of sp³-hybridized carbons (Fsp3) is 0.538. The number of likely N-dealkylation sites (N-methyl/N-ethyl adjacent to an activating group) is 2. The summed E-state index contributed by atoms with van der Waals surface area (Å²) in [5.41, 5.74) is 0.920. The topological polar surface area (TPSA) is 46.9 Å². The summed E-state index contributed by atoms with van der Waals surface area (Å²) < 4.78 is 0. The summed E-state index contributed by atoms with van der Waals surface area (Å²) in [5, 5.41) is 18.9. The maximum atomic E-state index is 9.46. The summed E-state index contributed by atoms with van der Waals surface area (Å²) in [7, 11) is 6.12. The third-order valence-electron chi connectivity index (χ3n) is 2.97. The molecule has 2 N–H and O–H groups in total. The Morgan fingerprint density at radius 2 is 1.53 bits per heavy atom. The fourth-order valence-electron chi connectivity index (χ4n) is 1.67. The number of nitrogens with zero attached hydrogens (tertiary/aromatic N) is 2. The number of hydrogen-bond acceptors (Lipinski definition) is 4. The Balaban J connectivity index is 2.70. The molecule has 1 atom stereocenters. The van der Waals surface area contributed by atoms with Crippen LogP contribution in [-0.2, 0) is 0 Å². The Bertz CT molecular complexity index is 346. The third-order valence-corrected chi connectivity index (χ3v) is 2.97. The van der Waals surface area contributed by atoms with Crippen LogP contribution in [-0.4, -0.2) is 54.2 Å². The largest absolute Gasteiger partial charge is 0.508 e. The van der Waals surface area contributed by atoms with Gasteiger partial charge >= 0.3 is 0 Å². The van der Waals surface area contributed by atoms with Crippen molar-refractivity contribution >= 4 is 0 Å². The first-order chi connectivity index (χ1) is 7.90. The number of benzene rings is 1. The van der Waals surface area contributed by atoms with Crippen LogP contribution in [0, 0.1) is 0 Å². The minimum atomic E-state index is 0.104. The van der Waals surface area contributed by atoms with Gasteiger partial charge < -0.3 is 15.1 Å². The Kier molecular flexibility index (Phi) is 4.78. The Morgan fingerprint density at radius 3 is 2.00 bits per heavy atom. The summed E-state index contributed by atoms with van der Waals surface area (Å²) in [6.07, 6.45) is 0. The van der Waals surface area contributed by atoms with Gasteiger partial charge in [-0.1, -0.05) is 0 Å². The molecule has 1 rings (SSSR count). The molecule has 0 bridgehead atoms. The molecule has 1 aromatic carbocycles. The van der Waals surface area contributed by atoms with Crippen molar-refractivity contribution in [1.29, 1.82) is 0 Å². The highest BCUT2D eigenvalue weighted by atomic mass is 16.3. The molecule has 0 saturated heterocycles. The normalized spacial score (nSPS) is 13.3. The summed E-state index contributed by atoms with van der Waals surface area (Å²) >= 11 is 0. The van der Waals surface area contributed by atoms with E-state index in [9.17, 15) is 10.2 Å². The van der Waals surface area contributed by atoms with Gasteiger partial charge in [-0.15, -0.1) is 0 Å². The summed E-state index contributed by atoms with van der Waals surface area (Å²) in [4.78, 5) is 4.32. The molecule has 0 amide bonds. The van der Waals surface area contributed by atoms with Crippen molar-refractivity contribution in [3.63, 3.8) is 0 Å². The average Bonchev–Trinajstić information content (AvgIpc) is 2.23. The van der Waals surface area contributed by atoms with E-state index in [4.69, 9.17) is 0 Å². The predicted octanol–water partition coefficient (Wildman–Crippen LogP) is 1.65. The van der Waals surface area contributed by atoms with E-state index in [1.54, 1.807) is 12.1 Å². The molecular formula is C13H22N2O2. The minimum Gasteiger partial charge on any atom is -0.508 e. The maximum absolute atomic E-state index is 9.46. The number of phenols is 2. The zero-order valence-electron chi connectivity index (χ0n) is 11.0. The number of rotatable bonds is 5. The van der Waals surface area contributed by atoms with E-state index in [2.05, 4.69) is 16.7 Å². The number of hydrogen-bond donors (Lipinski definition) is 2. The second-order valence-electron chi connectivity index (χ2n) is 4.74. The molecule has 0 spiro atoms. The Hall–Kier alpha value is -1.26. The van der Waals surface area contributed by atoms with Crippen molar-refractivity contribution in [1.82, 2.24) is 9.80 Å². The van der Waals surface area contributed by atoms with Gasteiger partial charge in [0.2, 0.25) is 0 Å². The third kappa shape index (κ3) is 4.24. The van der Waals surface area contributed by atoms with Gasteiger partial charge in [0.1, 0.15) is 11.5 Å². The lowest BCUT2D eigenvalue weighted by atomic mass is 10.1. The highest BCUT2D eigenvalue weighted by Crippen LogP contribution is 2.27. The molecule has 4 heteroatoms. The van der Waals surface area contributed by atoms with Crippen LogP contribution in [0.15, 0.2) is 18.2 Å². The molecule has 0 heterocycles. The van der Waals surface area contributed by atoms with Crippen LogP contribution in [0.5, 0.6) is 11.5 Å². The zero-order valence-corrected chi connectivity index (χ0v) is 11.0. The van der Waals surface area contributed by atoms with Gasteiger partial charge in [-0.25, -0.2) is 0 Å². The SMILES string of the molecule is CC(c1cc(O)cc(O)c1)N(C)CCN(C)C. The first-order valence-corrected chi connectivity index (χ1v) is 5.78. The first-order valence-electron chi connectivity index (χ1n) is 5.78. The molecule has 0 aliphatic heterocycles. The highest BCUT2D eigenvalue weighted by Gasteiger charge is 2.13. The summed E-state index contributed by atoms with van der Waals surface area (Å²) in [5.74, 6) is 0.209. The molecule has 1 aromatic rings. The van der Waals surface area contributed by atoms with Crippen LogP contribution in [0.3, 0.4) is 0 Å². The van der Waals surface area contributed by atoms with Crippen LogP contribution in [0.4, 0.5) is 0 Å². The molecule has 0 aliphatic rings. The summed E-state index contributed by atoms with van der Waals surface area (Å²) in [6, 6.07) is 4.89. The van der Waals surface area contributed by atoms with Crippen molar-refractivity contribution in [3.8, 4) is 11.5 Å². The van der Waals surface area contributed by atoms with Crippen molar-refractivity contribution in [2.45, 2.75) is 13.0 Å². The zero-order chi connectivity index (χ0) is 13.0. The Labute approximate surface area is 103 Å². The van der Waals surface area contributed by atoms with Crippen molar-refractivity contribution in [2.75, 3.05) is 34.2 Å². The van der Waals surface area contributed by atoms with Crippen LogP contribution in [0.1, 0.15) is 18.5 Å². The lowest BCUT2D eigenvalue weighted by Crippen LogP contribution is -2.30. The van der Waals surface area contributed by atoms with E-state index in [1.807, 2.05) is 21.1 Å². The number of aromatic hydroxyl groups is 2. The monoisotopic (exact) mass is 238 g/mol. The van der Waals surface area contributed by atoms with Crippen LogP contribution in [0.2, 0.25) is 0 Å². The smallest absolute Gasteiger partial charge is 0.119 e. The molecule has 17 heavy (non-hydrogen) atoms. The fourth-order valence-corrected chi connectivity index (χ4v) is 1.67. The lowest BCUT2D eigenvalue weighted by Gasteiger charge is -2.26. The molecular weight excluding hydrogens is 216 g/mol. The van der Waals surface area contributed by atoms with Crippen LogP contribution < -0.4 is 0 Å². The molecule has 0 aromatic heterocycles. The number of phenolic OH excluding ortho intramolecular Hbond substituents is 2. The molecule has 0 radical (unpaired) electrons. The second kappa shape index (κ2) is 5.89. The molecule has 0 saturated carbocycles. The van der Waals surface area contributed by atoms with E-state index in [1.165, 1.54) is 6.07 Å². The molecule has 4 nitrogen and oxygen atoms in total. The standard InChI is InChI=1S/C13H22N2O2/c1-10(15(4)6-5-14(2)3)11-7-12(16)9-13(17)8-11/h7-10,16-17H,5-6H2,1-4H3. The van der Waals surface area contributed by atoms with Crippen LogP contribution >= 0.6 is 0 Å². The summed E-state index contributed by atoms with van der Waals surface area (Å²) in [6.45, 7) is 3.97. The molecule has 0 fully saturated rings. The molecule has 1 unspecified atom stereocenters. The van der Waals surface area contributed by atoms with E-state index in [0.717, 1.165) is 18.7 Å². The van der Waals surface area contributed by atoms with Crippen molar-refractivity contribution in [3.05, 3.63) is 23.8 Å². The van der Waals surface area contributed by atoms with Gasteiger partial charge in [0.25, 0.3) is 0 Å². The van der Waals surface area contributed by atoms with Crippen molar-refractivity contribution < 1.29 is 10.2 Å². The van der Waals surface area contributed by atoms with Gasteiger partial charge in [0.15, 0.2) is 0 Å². The minimum absolute atomic E-state index is 0.104. The molecule has 0 aliphatic carbocycles. The van der Waals surface area contributed by atoms with E-state index < -0.39 is 0 Å². The quantitative estimate of drug-likeness (QED) is 0.819. The highest BCUT2D eigenvalue weighted by molar-refractivity contribution is 5.37. The average molecular weight is 238 g/mol. The van der Waals surface area contributed by atoms with Crippen molar-refractivity contribution in [2.24, 2.45) is 0 Å². The van der Waals surface area contributed by atoms with E-state index >= 15 is 0 Å².